The number of methoxy groups -OCH3 is 1. The van der Waals surface area contributed by atoms with Gasteiger partial charge in [-0.15, -0.1) is 0 Å². The molecule has 0 bridgehead atoms. The van der Waals surface area contributed by atoms with Crippen molar-refractivity contribution in [2.45, 2.75) is 11.7 Å². The van der Waals surface area contributed by atoms with E-state index < -0.39 is 0 Å². The zero-order chi connectivity index (χ0) is 14.1. The Morgan fingerprint density at radius 1 is 1.40 bits per heavy atom. The molecule has 3 rings (SSSR count). The van der Waals surface area contributed by atoms with Crippen LogP contribution < -0.4 is 9.47 Å². The highest BCUT2D eigenvalue weighted by Gasteiger charge is 2.19. The standard InChI is InChI=1S/C13H14N2O4S/c1-17-12(16)7-15-9-6-11-10(18-3-4-19-11)5-8(9)14-13(15)20-2/h5-6H,3-4,7H2,1-2H3. The Bertz CT molecular complexity index is 668. The van der Waals surface area contributed by atoms with Crippen LogP contribution in [0.25, 0.3) is 11.0 Å². The summed E-state index contributed by atoms with van der Waals surface area (Å²) < 4.78 is 17.7. The van der Waals surface area contributed by atoms with Gasteiger partial charge in [-0.05, 0) is 6.26 Å². The number of fused-ring (bicyclic) bond motifs is 2. The van der Waals surface area contributed by atoms with Crippen molar-refractivity contribution < 1.29 is 19.0 Å². The van der Waals surface area contributed by atoms with Gasteiger partial charge >= 0.3 is 5.97 Å². The minimum Gasteiger partial charge on any atom is -0.486 e. The molecule has 2 aromatic rings. The van der Waals surface area contributed by atoms with Crippen LogP contribution in [0.1, 0.15) is 0 Å². The number of imidazole rings is 1. The van der Waals surface area contributed by atoms with Crippen molar-refractivity contribution in [3.05, 3.63) is 12.1 Å². The molecule has 0 saturated carbocycles. The Morgan fingerprint density at radius 3 is 2.75 bits per heavy atom. The van der Waals surface area contributed by atoms with E-state index in [1.807, 2.05) is 23.0 Å². The van der Waals surface area contributed by atoms with Gasteiger partial charge < -0.3 is 18.8 Å². The summed E-state index contributed by atoms with van der Waals surface area (Å²) in [7, 11) is 1.37. The van der Waals surface area contributed by atoms with E-state index in [0.29, 0.717) is 24.7 Å². The first-order chi connectivity index (χ1) is 9.72. The summed E-state index contributed by atoms with van der Waals surface area (Å²) in [6, 6.07) is 3.71. The molecule has 0 aliphatic carbocycles. The number of nitrogens with zero attached hydrogens (tertiary/aromatic N) is 2. The van der Waals surface area contributed by atoms with Crippen LogP contribution in [0.15, 0.2) is 17.3 Å². The number of carbonyl (C=O) groups excluding carboxylic acids is 1. The predicted molar refractivity (Wildman–Crippen MR) is 74.5 cm³/mol. The van der Waals surface area contributed by atoms with Gasteiger partial charge in [0.15, 0.2) is 16.7 Å². The van der Waals surface area contributed by atoms with Crippen LogP contribution in [-0.4, -0.2) is 42.1 Å². The number of ether oxygens (including phenoxy) is 3. The molecule has 20 heavy (non-hydrogen) atoms. The van der Waals surface area contributed by atoms with Crippen molar-refractivity contribution >= 4 is 28.8 Å². The SMILES string of the molecule is COC(=O)Cn1c(SC)nc2cc3c(cc21)OCCO3. The van der Waals surface area contributed by atoms with Gasteiger partial charge in [0.1, 0.15) is 19.8 Å². The summed E-state index contributed by atoms with van der Waals surface area (Å²) in [6.07, 6.45) is 1.92. The largest absolute Gasteiger partial charge is 0.486 e. The van der Waals surface area contributed by atoms with Gasteiger partial charge in [-0.2, -0.15) is 0 Å². The minimum atomic E-state index is -0.311. The lowest BCUT2D eigenvalue weighted by Crippen LogP contribution is -2.15. The summed E-state index contributed by atoms with van der Waals surface area (Å²) in [5, 5.41) is 0.757. The van der Waals surface area contributed by atoms with Crippen molar-refractivity contribution in [2.75, 3.05) is 26.6 Å². The van der Waals surface area contributed by atoms with Crippen LogP contribution in [0.2, 0.25) is 0 Å². The summed E-state index contributed by atoms with van der Waals surface area (Å²) in [4.78, 5) is 16.1. The van der Waals surface area contributed by atoms with Gasteiger partial charge in [0, 0.05) is 12.1 Å². The van der Waals surface area contributed by atoms with E-state index in [4.69, 9.17) is 14.2 Å². The molecule has 0 atom stereocenters. The Balaban J connectivity index is 2.13. The molecule has 7 heteroatoms. The third-order valence-electron chi connectivity index (χ3n) is 3.07. The minimum absolute atomic E-state index is 0.128. The molecule has 6 nitrogen and oxygen atoms in total. The third-order valence-corrected chi connectivity index (χ3v) is 3.75. The molecule has 0 saturated heterocycles. The zero-order valence-corrected chi connectivity index (χ0v) is 12.0. The van der Waals surface area contributed by atoms with Crippen LogP contribution in [0.4, 0.5) is 0 Å². The Kier molecular flexibility index (Phi) is 3.43. The van der Waals surface area contributed by atoms with Crippen molar-refractivity contribution in [1.82, 2.24) is 9.55 Å². The number of aromatic nitrogens is 2. The highest BCUT2D eigenvalue weighted by Crippen LogP contribution is 2.35. The number of carbonyl (C=O) groups is 1. The average Bonchev–Trinajstić information content (AvgIpc) is 2.81. The van der Waals surface area contributed by atoms with E-state index in [2.05, 4.69) is 4.98 Å². The fraction of sp³-hybridized carbons (Fsp3) is 0.385. The lowest BCUT2D eigenvalue weighted by molar-refractivity contribution is -0.141. The lowest BCUT2D eigenvalue weighted by atomic mass is 10.2. The molecule has 0 N–H and O–H groups in total. The van der Waals surface area contributed by atoms with E-state index in [-0.39, 0.29) is 12.5 Å². The Labute approximate surface area is 120 Å². The normalized spacial score (nSPS) is 13.5. The second-order valence-corrected chi connectivity index (χ2v) is 5.02. The van der Waals surface area contributed by atoms with Gasteiger partial charge in [0.25, 0.3) is 0 Å². The molecule has 1 aliphatic rings. The monoisotopic (exact) mass is 294 g/mol. The first-order valence-corrected chi connectivity index (χ1v) is 7.36. The van der Waals surface area contributed by atoms with Gasteiger partial charge in [-0.25, -0.2) is 4.98 Å². The smallest absolute Gasteiger partial charge is 0.325 e. The molecule has 0 unspecified atom stereocenters. The number of hydrogen-bond donors (Lipinski definition) is 0. The fourth-order valence-corrected chi connectivity index (χ4v) is 2.71. The summed E-state index contributed by atoms with van der Waals surface area (Å²) in [5.74, 6) is 1.07. The number of hydrogen-bond acceptors (Lipinski definition) is 6. The lowest BCUT2D eigenvalue weighted by Gasteiger charge is -2.18. The highest BCUT2D eigenvalue weighted by atomic mass is 32.2. The molecular formula is C13H14N2O4S. The summed E-state index contributed by atoms with van der Waals surface area (Å²) in [5.41, 5.74) is 1.62. The topological polar surface area (TPSA) is 62.6 Å². The molecule has 2 heterocycles. The number of esters is 1. The second kappa shape index (κ2) is 5.24. The van der Waals surface area contributed by atoms with Gasteiger partial charge in [0.05, 0.1) is 18.1 Å². The van der Waals surface area contributed by atoms with E-state index in [9.17, 15) is 4.79 Å². The highest BCUT2D eigenvalue weighted by molar-refractivity contribution is 7.98. The van der Waals surface area contributed by atoms with E-state index in [0.717, 1.165) is 16.2 Å². The average molecular weight is 294 g/mol. The number of benzene rings is 1. The molecule has 1 aromatic carbocycles. The number of thioether (sulfide) groups is 1. The first-order valence-electron chi connectivity index (χ1n) is 6.13. The van der Waals surface area contributed by atoms with Crippen molar-refractivity contribution in [3.8, 4) is 11.5 Å². The van der Waals surface area contributed by atoms with Crippen LogP contribution in [0, 0.1) is 0 Å². The van der Waals surface area contributed by atoms with Crippen LogP contribution in [-0.2, 0) is 16.1 Å². The Hall–Kier alpha value is -1.89. The maximum absolute atomic E-state index is 11.5. The third kappa shape index (κ3) is 2.18. The second-order valence-electron chi connectivity index (χ2n) is 4.25. The van der Waals surface area contributed by atoms with Crippen LogP contribution in [0.5, 0.6) is 11.5 Å². The Morgan fingerprint density at radius 2 is 2.10 bits per heavy atom. The van der Waals surface area contributed by atoms with Crippen LogP contribution >= 0.6 is 11.8 Å². The molecule has 0 radical (unpaired) electrons. The quantitative estimate of drug-likeness (QED) is 0.634. The number of rotatable bonds is 3. The van der Waals surface area contributed by atoms with Gasteiger partial charge in [0.2, 0.25) is 0 Å². The van der Waals surface area contributed by atoms with E-state index in [1.54, 1.807) is 0 Å². The summed E-state index contributed by atoms with van der Waals surface area (Å²) >= 11 is 1.48. The van der Waals surface area contributed by atoms with Crippen molar-refractivity contribution in [1.29, 1.82) is 0 Å². The molecular weight excluding hydrogens is 280 g/mol. The van der Waals surface area contributed by atoms with E-state index >= 15 is 0 Å². The van der Waals surface area contributed by atoms with E-state index in [1.165, 1.54) is 18.9 Å². The van der Waals surface area contributed by atoms with Crippen LogP contribution in [0.3, 0.4) is 0 Å². The fourth-order valence-electron chi connectivity index (χ4n) is 2.14. The van der Waals surface area contributed by atoms with Gasteiger partial charge in [-0.3, -0.25) is 4.79 Å². The molecule has 106 valence electrons. The molecule has 0 spiro atoms. The van der Waals surface area contributed by atoms with Crippen molar-refractivity contribution in [2.24, 2.45) is 0 Å². The van der Waals surface area contributed by atoms with Gasteiger partial charge in [-0.1, -0.05) is 11.8 Å². The molecule has 1 aliphatic heterocycles. The maximum atomic E-state index is 11.5. The zero-order valence-electron chi connectivity index (χ0n) is 11.2. The summed E-state index contributed by atoms with van der Waals surface area (Å²) in [6.45, 7) is 1.19. The predicted octanol–water partition coefficient (Wildman–Crippen LogP) is 1.70. The molecule has 0 fully saturated rings. The molecule has 0 amide bonds. The maximum Gasteiger partial charge on any atom is 0.325 e. The molecule has 1 aromatic heterocycles. The first kappa shape index (κ1) is 13.1. The van der Waals surface area contributed by atoms with Crippen molar-refractivity contribution in [3.63, 3.8) is 0 Å².